The highest BCUT2D eigenvalue weighted by Crippen LogP contribution is 2.36. The smallest absolute Gasteiger partial charge is 0.144 e. The van der Waals surface area contributed by atoms with Crippen molar-refractivity contribution in [3.8, 4) is 0 Å². The fourth-order valence-electron chi connectivity index (χ4n) is 2.71. The van der Waals surface area contributed by atoms with Gasteiger partial charge in [0.1, 0.15) is 5.78 Å². The minimum atomic E-state index is 0.141. The normalized spacial score (nSPS) is 26.7. The first-order valence-electron chi connectivity index (χ1n) is 6.11. The van der Waals surface area contributed by atoms with Crippen molar-refractivity contribution in [1.82, 2.24) is 0 Å². The molecule has 1 aliphatic carbocycles. The second-order valence-electron chi connectivity index (χ2n) is 4.78. The molecular formula is C12H22OS. The molecule has 1 nitrogen and oxygen atoms in total. The Morgan fingerprint density at radius 1 is 1.00 bits per heavy atom. The summed E-state index contributed by atoms with van der Waals surface area (Å²) < 4.78 is 0. The summed E-state index contributed by atoms with van der Waals surface area (Å²) in [5.41, 5.74) is 0. The molecule has 0 radical (unpaired) electrons. The third-order valence-electron chi connectivity index (χ3n) is 3.64. The van der Waals surface area contributed by atoms with Crippen LogP contribution in [0.5, 0.6) is 0 Å². The first-order chi connectivity index (χ1) is 6.86. The second-order valence-corrected chi connectivity index (χ2v) is 7.34. The van der Waals surface area contributed by atoms with Crippen LogP contribution >= 0.6 is 10.9 Å². The standard InChI is InChI=1S/C12H22OS/c13-12(10-14-8-4-5-9-14)11-6-2-1-3-7-11/h11,14H,1-10H2. The molecule has 14 heavy (non-hydrogen) atoms. The van der Waals surface area contributed by atoms with Gasteiger partial charge in [-0.1, -0.05) is 19.3 Å². The summed E-state index contributed by atoms with van der Waals surface area (Å²) in [6.45, 7) is 0. The zero-order valence-corrected chi connectivity index (χ0v) is 9.90. The molecule has 2 rings (SSSR count). The van der Waals surface area contributed by atoms with Crippen LogP contribution in [-0.4, -0.2) is 23.0 Å². The van der Waals surface area contributed by atoms with Crippen LogP contribution in [0.1, 0.15) is 44.9 Å². The van der Waals surface area contributed by atoms with Crippen LogP contribution in [0.25, 0.3) is 0 Å². The summed E-state index contributed by atoms with van der Waals surface area (Å²) in [5, 5.41) is 0. The Labute approximate surface area is 90.0 Å². The molecule has 0 aromatic carbocycles. The number of carbonyl (C=O) groups is 1. The fourth-order valence-corrected chi connectivity index (χ4v) is 5.30. The molecule has 0 amide bonds. The molecule has 0 spiro atoms. The SMILES string of the molecule is O=C(C[SH]1CCCC1)C1CCCCC1. The highest BCUT2D eigenvalue weighted by Gasteiger charge is 2.23. The zero-order chi connectivity index (χ0) is 9.80. The van der Waals surface area contributed by atoms with E-state index < -0.39 is 0 Å². The van der Waals surface area contributed by atoms with E-state index in [0.29, 0.717) is 11.7 Å². The van der Waals surface area contributed by atoms with E-state index in [0.717, 1.165) is 5.75 Å². The zero-order valence-electron chi connectivity index (χ0n) is 9.00. The third kappa shape index (κ3) is 2.75. The average Bonchev–Trinajstić information content (AvgIpc) is 2.72. The Bertz CT molecular complexity index is 190. The summed E-state index contributed by atoms with van der Waals surface area (Å²) in [5.74, 6) is 4.83. The molecule has 1 saturated carbocycles. The number of hydrogen-bond donors (Lipinski definition) is 1. The van der Waals surface area contributed by atoms with Crippen LogP contribution in [0, 0.1) is 5.92 Å². The Balaban J connectivity index is 1.75. The number of rotatable bonds is 3. The van der Waals surface area contributed by atoms with Crippen LogP contribution < -0.4 is 0 Å². The summed E-state index contributed by atoms with van der Waals surface area (Å²) in [4.78, 5) is 12.0. The van der Waals surface area contributed by atoms with Crippen LogP contribution in [0.3, 0.4) is 0 Å². The number of carbonyl (C=O) groups excluding carboxylic acids is 1. The van der Waals surface area contributed by atoms with Gasteiger partial charge in [-0.3, -0.25) is 4.79 Å². The minimum absolute atomic E-state index is 0.141. The van der Waals surface area contributed by atoms with E-state index in [1.54, 1.807) is 0 Å². The molecule has 1 heterocycles. The molecule has 0 aromatic heterocycles. The van der Waals surface area contributed by atoms with Gasteiger partial charge in [-0.25, -0.2) is 10.9 Å². The van der Waals surface area contributed by atoms with Crippen LogP contribution in [-0.2, 0) is 4.79 Å². The van der Waals surface area contributed by atoms with Crippen molar-refractivity contribution in [2.75, 3.05) is 17.3 Å². The number of thiol groups is 1. The molecule has 82 valence electrons. The second kappa shape index (κ2) is 5.20. The molecule has 0 N–H and O–H groups in total. The molecule has 0 aromatic rings. The quantitative estimate of drug-likeness (QED) is 0.715. The first kappa shape index (κ1) is 10.5. The topological polar surface area (TPSA) is 17.1 Å². The molecule has 0 bridgehead atoms. The Kier molecular flexibility index (Phi) is 3.91. The van der Waals surface area contributed by atoms with Crippen molar-refractivity contribution < 1.29 is 4.79 Å². The largest absolute Gasteiger partial charge is 0.299 e. The molecule has 2 fully saturated rings. The van der Waals surface area contributed by atoms with Gasteiger partial charge < -0.3 is 0 Å². The third-order valence-corrected chi connectivity index (χ3v) is 6.29. The van der Waals surface area contributed by atoms with Crippen molar-refractivity contribution in [1.29, 1.82) is 0 Å². The Morgan fingerprint density at radius 2 is 1.64 bits per heavy atom. The maximum atomic E-state index is 12.0. The lowest BCUT2D eigenvalue weighted by Crippen LogP contribution is -2.21. The summed E-state index contributed by atoms with van der Waals surface area (Å²) in [6.07, 6.45) is 9.14. The monoisotopic (exact) mass is 214 g/mol. The lowest BCUT2D eigenvalue weighted by Gasteiger charge is -2.22. The van der Waals surface area contributed by atoms with E-state index >= 15 is 0 Å². The fraction of sp³-hybridized carbons (Fsp3) is 0.917. The molecule has 2 heteroatoms. The molecule has 0 unspecified atom stereocenters. The van der Waals surface area contributed by atoms with Gasteiger partial charge in [-0.2, -0.15) is 0 Å². The van der Waals surface area contributed by atoms with Crippen molar-refractivity contribution in [2.45, 2.75) is 44.9 Å². The number of ketones is 1. The molecule has 1 saturated heterocycles. The molecule has 0 atom stereocenters. The van der Waals surface area contributed by atoms with Crippen LogP contribution in [0.4, 0.5) is 0 Å². The number of Topliss-reactive ketones (excluding diaryl/α,β-unsaturated/α-hetero) is 1. The van der Waals surface area contributed by atoms with Gasteiger partial charge in [0.05, 0.1) is 0 Å². The lowest BCUT2D eigenvalue weighted by molar-refractivity contribution is -0.121. The van der Waals surface area contributed by atoms with E-state index in [2.05, 4.69) is 0 Å². The Morgan fingerprint density at radius 3 is 2.29 bits per heavy atom. The van der Waals surface area contributed by atoms with E-state index in [4.69, 9.17) is 0 Å². The average molecular weight is 214 g/mol. The molecule has 2 aliphatic rings. The van der Waals surface area contributed by atoms with Gasteiger partial charge in [0.2, 0.25) is 0 Å². The minimum Gasteiger partial charge on any atom is -0.299 e. The predicted molar refractivity (Wildman–Crippen MR) is 64.4 cm³/mol. The summed E-state index contributed by atoms with van der Waals surface area (Å²) in [6, 6.07) is 0. The number of hydrogen-bond acceptors (Lipinski definition) is 1. The van der Waals surface area contributed by atoms with Gasteiger partial charge in [0.15, 0.2) is 0 Å². The van der Waals surface area contributed by atoms with E-state index in [1.807, 2.05) is 0 Å². The van der Waals surface area contributed by atoms with Crippen molar-refractivity contribution in [3.63, 3.8) is 0 Å². The highest BCUT2D eigenvalue weighted by atomic mass is 32.2. The van der Waals surface area contributed by atoms with Crippen molar-refractivity contribution in [2.24, 2.45) is 5.92 Å². The highest BCUT2D eigenvalue weighted by molar-refractivity contribution is 8.17. The Hall–Kier alpha value is 0.0200. The van der Waals surface area contributed by atoms with Gasteiger partial charge in [-0.05, 0) is 37.2 Å². The van der Waals surface area contributed by atoms with Gasteiger partial charge in [0, 0.05) is 11.7 Å². The van der Waals surface area contributed by atoms with E-state index in [1.165, 1.54) is 56.5 Å². The molecule has 1 aliphatic heterocycles. The summed E-state index contributed by atoms with van der Waals surface area (Å²) in [7, 11) is 0.141. The first-order valence-corrected chi connectivity index (χ1v) is 8.01. The van der Waals surface area contributed by atoms with Gasteiger partial charge in [0.25, 0.3) is 0 Å². The summed E-state index contributed by atoms with van der Waals surface area (Å²) >= 11 is 0. The van der Waals surface area contributed by atoms with E-state index in [-0.39, 0.29) is 10.9 Å². The van der Waals surface area contributed by atoms with Gasteiger partial charge >= 0.3 is 0 Å². The molecular weight excluding hydrogens is 192 g/mol. The van der Waals surface area contributed by atoms with Crippen LogP contribution in [0.2, 0.25) is 0 Å². The maximum absolute atomic E-state index is 12.0. The predicted octanol–water partition coefficient (Wildman–Crippen LogP) is 2.93. The van der Waals surface area contributed by atoms with E-state index in [9.17, 15) is 4.79 Å². The van der Waals surface area contributed by atoms with Crippen molar-refractivity contribution in [3.05, 3.63) is 0 Å². The van der Waals surface area contributed by atoms with Crippen LogP contribution in [0.15, 0.2) is 0 Å². The van der Waals surface area contributed by atoms with Gasteiger partial charge in [-0.15, -0.1) is 0 Å². The lowest BCUT2D eigenvalue weighted by atomic mass is 9.87. The van der Waals surface area contributed by atoms with Crippen molar-refractivity contribution >= 4 is 16.7 Å². The maximum Gasteiger partial charge on any atom is 0.144 e.